The maximum atomic E-state index is 12.4. The van der Waals surface area contributed by atoms with Crippen molar-refractivity contribution < 1.29 is 9.59 Å². The molecule has 1 saturated carbocycles. The molecule has 1 aliphatic rings. The molecule has 1 aromatic carbocycles. The Morgan fingerprint density at radius 3 is 2.74 bits per heavy atom. The van der Waals surface area contributed by atoms with Crippen molar-refractivity contribution in [2.45, 2.75) is 23.9 Å². The number of carbonyl (C=O) groups excluding carboxylic acids is 2. The van der Waals surface area contributed by atoms with Crippen LogP contribution >= 0.6 is 11.8 Å². The summed E-state index contributed by atoms with van der Waals surface area (Å²) in [4.78, 5) is 28.6. The molecule has 0 atom stereocenters. The Morgan fingerprint density at radius 1 is 1.17 bits per heavy atom. The zero-order chi connectivity index (χ0) is 16.2. The zero-order valence-electron chi connectivity index (χ0n) is 12.7. The molecule has 1 heterocycles. The molecule has 1 aromatic heterocycles. The molecule has 2 aromatic rings. The second kappa shape index (κ2) is 6.83. The van der Waals surface area contributed by atoms with Crippen molar-refractivity contribution in [2.24, 2.45) is 0 Å². The number of pyridine rings is 1. The SMILES string of the molecule is CSc1ncccc1C(=O)Nc1cccc(C(=O)NC2CC2)c1. The van der Waals surface area contributed by atoms with Crippen molar-refractivity contribution in [3.63, 3.8) is 0 Å². The van der Waals surface area contributed by atoms with Crippen molar-refractivity contribution in [2.75, 3.05) is 11.6 Å². The number of aromatic nitrogens is 1. The summed E-state index contributed by atoms with van der Waals surface area (Å²) in [5.41, 5.74) is 1.66. The van der Waals surface area contributed by atoms with Gasteiger partial charge in [0.25, 0.3) is 11.8 Å². The Morgan fingerprint density at radius 2 is 2.00 bits per heavy atom. The fourth-order valence-electron chi connectivity index (χ4n) is 2.16. The van der Waals surface area contributed by atoms with Gasteiger partial charge in [0, 0.05) is 23.5 Å². The van der Waals surface area contributed by atoms with E-state index in [1.807, 2.05) is 6.26 Å². The predicted molar refractivity (Wildman–Crippen MR) is 90.9 cm³/mol. The quantitative estimate of drug-likeness (QED) is 0.828. The third kappa shape index (κ3) is 3.90. The molecule has 3 rings (SSSR count). The predicted octanol–water partition coefficient (Wildman–Crippen LogP) is 2.95. The van der Waals surface area contributed by atoms with Gasteiger partial charge in [-0.15, -0.1) is 11.8 Å². The van der Waals surface area contributed by atoms with Crippen LogP contribution < -0.4 is 10.6 Å². The molecular formula is C17H17N3O2S. The number of benzene rings is 1. The van der Waals surface area contributed by atoms with E-state index in [1.54, 1.807) is 42.6 Å². The average Bonchev–Trinajstić information content (AvgIpc) is 3.39. The molecule has 2 N–H and O–H groups in total. The monoisotopic (exact) mass is 327 g/mol. The van der Waals surface area contributed by atoms with Gasteiger partial charge in [0.1, 0.15) is 5.03 Å². The Balaban J connectivity index is 1.74. The molecule has 1 fully saturated rings. The molecule has 2 amide bonds. The van der Waals surface area contributed by atoms with Crippen LogP contribution in [0.3, 0.4) is 0 Å². The Hall–Kier alpha value is -2.34. The number of rotatable bonds is 5. The maximum Gasteiger partial charge on any atom is 0.258 e. The third-order valence-electron chi connectivity index (χ3n) is 3.50. The maximum absolute atomic E-state index is 12.4. The molecule has 0 aliphatic heterocycles. The minimum atomic E-state index is -0.234. The normalized spacial score (nSPS) is 13.4. The largest absolute Gasteiger partial charge is 0.349 e. The number of nitrogens with zero attached hydrogens (tertiary/aromatic N) is 1. The van der Waals surface area contributed by atoms with Crippen LogP contribution in [0.5, 0.6) is 0 Å². The summed E-state index contributed by atoms with van der Waals surface area (Å²) in [7, 11) is 0. The van der Waals surface area contributed by atoms with Gasteiger partial charge >= 0.3 is 0 Å². The summed E-state index contributed by atoms with van der Waals surface area (Å²) in [6.07, 6.45) is 5.62. The smallest absolute Gasteiger partial charge is 0.258 e. The summed E-state index contributed by atoms with van der Waals surface area (Å²) >= 11 is 1.42. The molecule has 5 nitrogen and oxygen atoms in total. The van der Waals surface area contributed by atoms with E-state index < -0.39 is 0 Å². The van der Waals surface area contributed by atoms with E-state index in [-0.39, 0.29) is 11.8 Å². The first-order valence-electron chi connectivity index (χ1n) is 7.38. The summed E-state index contributed by atoms with van der Waals surface area (Å²) in [5.74, 6) is -0.336. The standard InChI is InChI=1S/C17H17N3O2S/c1-23-17-14(6-3-9-18-17)16(22)20-13-5-2-4-11(10-13)15(21)19-12-7-8-12/h2-6,9-10,12H,7-8H2,1H3,(H,19,21)(H,20,22). The highest BCUT2D eigenvalue weighted by Crippen LogP contribution is 2.21. The van der Waals surface area contributed by atoms with Gasteiger partial charge in [-0.05, 0) is 49.4 Å². The van der Waals surface area contributed by atoms with E-state index in [4.69, 9.17) is 0 Å². The second-order valence-electron chi connectivity index (χ2n) is 5.34. The van der Waals surface area contributed by atoms with Crippen molar-refractivity contribution >= 4 is 29.3 Å². The van der Waals surface area contributed by atoms with Crippen LogP contribution in [0.2, 0.25) is 0 Å². The van der Waals surface area contributed by atoms with Crippen LogP contribution in [0.4, 0.5) is 5.69 Å². The molecule has 23 heavy (non-hydrogen) atoms. The Labute approximate surface area is 138 Å². The molecule has 0 spiro atoms. The molecule has 0 bridgehead atoms. The van der Waals surface area contributed by atoms with Crippen molar-refractivity contribution in [3.05, 3.63) is 53.7 Å². The lowest BCUT2D eigenvalue weighted by Crippen LogP contribution is -2.25. The van der Waals surface area contributed by atoms with Crippen LogP contribution in [-0.2, 0) is 0 Å². The first kappa shape index (κ1) is 15.6. The van der Waals surface area contributed by atoms with Crippen molar-refractivity contribution in [1.82, 2.24) is 10.3 Å². The van der Waals surface area contributed by atoms with E-state index in [0.717, 1.165) is 12.8 Å². The van der Waals surface area contributed by atoms with Gasteiger partial charge in [0.2, 0.25) is 0 Å². The van der Waals surface area contributed by atoms with Crippen molar-refractivity contribution in [1.29, 1.82) is 0 Å². The van der Waals surface area contributed by atoms with Crippen LogP contribution in [-0.4, -0.2) is 29.1 Å². The van der Waals surface area contributed by atoms with Gasteiger partial charge in [-0.3, -0.25) is 9.59 Å². The summed E-state index contributed by atoms with van der Waals surface area (Å²) in [6.45, 7) is 0. The summed E-state index contributed by atoms with van der Waals surface area (Å²) < 4.78 is 0. The molecule has 0 saturated heterocycles. The lowest BCUT2D eigenvalue weighted by molar-refractivity contribution is 0.0949. The first-order chi connectivity index (χ1) is 11.2. The first-order valence-corrected chi connectivity index (χ1v) is 8.61. The third-order valence-corrected chi connectivity index (χ3v) is 4.22. The number of thioether (sulfide) groups is 1. The van der Waals surface area contributed by atoms with E-state index in [9.17, 15) is 9.59 Å². The van der Waals surface area contributed by atoms with Crippen LogP contribution in [0, 0.1) is 0 Å². The molecule has 6 heteroatoms. The number of anilines is 1. The van der Waals surface area contributed by atoms with Crippen LogP contribution in [0.15, 0.2) is 47.6 Å². The number of hydrogen-bond donors (Lipinski definition) is 2. The summed E-state index contributed by atoms with van der Waals surface area (Å²) in [5, 5.41) is 6.43. The molecule has 1 aliphatic carbocycles. The van der Waals surface area contributed by atoms with Gasteiger partial charge in [-0.2, -0.15) is 0 Å². The van der Waals surface area contributed by atoms with Gasteiger partial charge in [0.05, 0.1) is 5.56 Å². The highest BCUT2D eigenvalue weighted by molar-refractivity contribution is 7.98. The number of carbonyl (C=O) groups is 2. The van der Waals surface area contributed by atoms with Crippen LogP contribution in [0.25, 0.3) is 0 Å². The topological polar surface area (TPSA) is 71.1 Å². The fraction of sp³-hybridized carbons (Fsp3) is 0.235. The number of nitrogens with one attached hydrogen (secondary N) is 2. The van der Waals surface area contributed by atoms with Crippen LogP contribution in [0.1, 0.15) is 33.6 Å². The van der Waals surface area contributed by atoms with E-state index in [0.29, 0.717) is 27.9 Å². The summed E-state index contributed by atoms with van der Waals surface area (Å²) in [6, 6.07) is 10.7. The highest BCUT2D eigenvalue weighted by Gasteiger charge is 2.23. The molecule has 0 radical (unpaired) electrons. The van der Waals surface area contributed by atoms with Gasteiger partial charge in [-0.25, -0.2) is 4.98 Å². The van der Waals surface area contributed by atoms with Gasteiger partial charge < -0.3 is 10.6 Å². The molecule has 0 unspecified atom stereocenters. The fourth-order valence-corrected chi connectivity index (χ4v) is 2.71. The zero-order valence-corrected chi connectivity index (χ0v) is 13.5. The lowest BCUT2D eigenvalue weighted by atomic mass is 10.1. The minimum Gasteiger partial charge on any atom is -0.349 e. The molecular weight excluding hydrogens is 310 g/mol. The minimum absolute atomic E-state index is 0.102. The Bertz CT molecular complexity index is 744. The average molecular weight is 327 g/mol. The van der Waals surface area contributed by atoms with E-state index in [1.165, 1.54) is 11.8 Å². The highest BCUT2D eigenvalue weighted by atomic mass is 32.2. The van der Waals surface area contributed by atoms with Crippen molar-refractivity contribution in [3.8, 4) is 0 Å². The number of hydrogen-bond acceptors (Lipinski definition) is 4. The van der Waals surface area contributed by atoms with E-state index in [2.05, 4.69) is 15.6 Å². The molecule has 118 valence electrons. The van der Waals surface area contributed by atoms with Gasteiger partial charge in [-0.1, -0.05) is 6.07 Å². The van der Waals surface area contributed by atoms with E-state index >= 15 is 0 Å². The Kier molecular flexibility index (Phi) is 4.62. The number of amides is 2. The second-order valence-corrected chi connectivity index (χ2v) is 6.14. The lowest BCUT2D eigenvalue weighted by Gasteiger charge is -2.09. The van der Waals surface area contributed by atoms with Gasteiger partial charge in [0.15, 0.2) is 0 Å².